The molecule has 21 heteroatoms. The predicted molar refractivity (Wildman–Crippen MR) is 263 cm³/mol. The molecule has 0 spiro atoms. The second kappa shape index (κ2) is 29.8. The molecule has 3 aromatic heterocycles. The lowest BCUT2D eigenvalue weighted by Gasteiger charge is -2.35. The summed E-state index contributed by atoms with van der Waals surface area (Å²) in [7, 11) is 8.95. The second-order valence-electron chi connectivity index (χ2n) is 18.5. The Morgan fingerprint density at radius 2 is 1.55 bits per heavy atom. The summed E-state index contributed by atoms with van der Waals surface area (Å²) in [5, 5.41) is 11.0. The Balaban J connectivity index is 1.63. The first kappa shape index (κ1) is 59.7. The molecule has 1 amide bonds. The Bertz CT molecular complexity index is 2290. The molecule has 0 aromatic carbocycles. The summed E-state index contributed by atoms with van der Waals surface area (Å²) in [4.78, 5) is 79.2. The van der Waals surface area contributed by atoms with Crippen LogP contribution in [0.1, 0.15) is 97.8 Å². The van der Waals surface area contributed by atoms with E-state index in [9.17, 15) is 29.1 Å². The highest BCUT2D eigenvalue weighted by Gasteiger charge is 2.38. The number of esters is 3. The molecule has 21 nitrogen and oxygen atoms in total. The van der Waals surface area contributed by atoms with Crippen molar-refractivity contribution in [2.45, 2.75) is 129 Å². The van der Waals surface area contributed by atoms with Gasteiger partial charge in [-0.25, -0.2) is 19.7 Å². The number of amides is 1. The smallest absolute Gasteiger partial charge is 0.337 e. The van der Waals surface area contributed by atoms with E-state index in [0.717, 1.165) is 0 Å². The highest BCUT2D eigenvalue weighted by atomic mass is 16.6. The van der Waals surface area contributed by atoms with Crippen molar-refractivity contribution >= 4 is 36.2 Å². The molecule has 0 radical (unpaired) electrons. The topological polar surface area (TPSA) is 261 Å². The zero-order valence-electron chi connectivity index (χ0n) is 44.0. The molecule has 1 N–H and O–H groups in total. The number of cyclic esters (lactones) is 1. The second-order valence-corrected chi connectivity index (χ2v) is 18.5. The number of ketones is 1. The van der Waals surface area contributed by atoms with Crippen LogP contribution in [-0.4, -0.2) is 147 Å². The van der Waals surface area contributed by atoms with Crippen molar-refractivity contribution in [2.24, 2.45) is 29.6 Å². The Hall–Kier alpha value is -5.84. The molecule has 0 fully saturated rings. The SMILES string of the molecule is COCC(OC)C(=O)OC(CCC(C)C(CC1OC(=O)CC(O)CC=CC(=O)C(C)C(OC)c2coc(n2)-c2coc(n2)-c2coc(n2)C=CCC(OC)C1C)OC)C(C)C(OC(C)=O)C(C)C=CN(C)C=O. The monoisotopic (exact) mass is 1030 g/mol. The Kier molecular flexibility index (Phi) is 24.3. The van der Waals surface area contributed by atoms with Crippen molar-refractivity contribution < 1.29 is 80.2 Å². The maximum Gasteiger partial charge on any atom is 0.337 e. The molecule has 4 heterocycles. The summed E-state index contributed by atoms with van der Waals surface area (Å²) in [6.07, 6.45) is 8.87. The summed E-state index contributed by atoms with van der Waals surface area (Å²) in [6.45, 7) is 10.4. The van der Waals surface area contributed by atoms with Crippen molar-refractivity contribution in [3.05, 3.63) is 60.9 Å². The molecular formula is C52H74N4O17. The minimum atomic E-state index is -1.19. The van der Waals surface area contributed by atoms with Crippen molar-refractivity contribution in [1.29, 1.82) is 0 Å². The van der Waals surface area contributed by atoms with Gasteiger partial charge in [0.25, 0.3) is 0 Å². The van der Waals surface area contributed by atoms with Crippen LogP contribution < -0.4 is 0 Å². The molecule has 1 aliphatic heterocycles. The number of aromatic nitrogens is 3. The van der Waals surface area contributed by atoms with Gasteiger partial charge in [-0.2, -0.15) is 0 Å². The lowest BCUT2D eigenvalue weighted by atomic mass is 9.83. The van der Waals surface area contributed by atoms with Gasteiger partial charge in [0.1, 0.15) is 48.9 Å². The molecule has 404 valence electrons. The van der Waals surface area contributed by atoms with E-state index in [1.165, 1.54) is 64.1 Å². The summed E-state index contributed by atoms with van der Waals surface area (Å²) in [5.41, 5.74) is 0.950. The van der Waals surface area contributed by atoms with Crippen LogP contribution in [0.3, 0.4) is 0 Å². The van der Waals surface area contributed by atoms with E-state index in [2.05, 4.69) is 15.0 Å². The third-order valence-electron chi connectivity index (χ3n) is 13.1. The third-order valence-corrected chi connectivity index (χ3v) is 13.1. The molecule has 0 saturated heterocycles. The lowest BCUT2D eigenvalue weighted by Crippen LogP contribution is -2.42. The van der Waals surface area contributed by atoms with Gasteiger partial charge in [-0.05, 0) is 43.8 Å². The van der Waals surface area contributed by atoms with Crippen molar-refractivity contribution in [3.8, 4) is 23.2 Å². The fourth-order valence-electron chi connectivity index (χ4n) is 8.59. The Labute approximate surface area is 426 Å². The van der Waals surface area contributed by atoms with E-state index in [1.54, 1.807) is 46.5 Å². The van der Waals surface area contributed by atoms with Gasteiger partial charge in [0.2, 0.25) is 24.1 Å². The number of fused-ring (bicyclic) bond motifs is 8. The maximum absolute atomic E-state index is 13.7. The molecule has 13 unspecified atom stereocenters. The molecule has 3 aromatic rings. The third kappa shape index (κ3) is 17.7. The van der Waals surface area contributed by atoms with Gasteiger partial charge in [-0.15, -0.1) is 0 Å². The van der Waals surface area contributed by atoms with E-state index >= 15 is 0 Å². The Morgan fingerprint density at radius 1 is 0.863 bits per heavy atom. The average Bonchev–Trinajstić information content (AvgIpc) is 4.17. The first-order valence-corrected chi connectivity index (χ1v) is 24.3. The first-order chi connectivity index (χ1) is 34.9. The van der Waals surface area contributed by atoms with Crippen molar-refractivity contribution in [1.82, 2.24) is 19.9 Å². The van der Waals surface area contributed by atoms with E-state index < -0.39 is 90.4 Å². The van der Waals surface area contributed by atoms with Crippen LogP contribution in [0, 0.1) is 29.6 Å². The maximum atomic E-state index is 13.7. The van der Waals surface area contributed by atoms with E-state index in [4.69, 9.17) is 51.1 Å². The lowest BCUT2D eigenvalue weighted by molar-refractivity contribution is -0.173. The van der Waals surface area contributed by atoms with Crippen LogP contribution in [-0.2, 0) is 61.9 Å². The number of hydrogen-bond donors (Lipinski definition) is 1. The van der Waals surface area contributed by atoms with Crippen LogP contribution in [0.2, 0.25) is 0 Å². The summed E-state index contributed by atoms with van der Waals surface area (Å²) >= 11 is 0. The van der Waals surface area contributed by atoms with E-state index in [-0.39, 0.29) is 60.9 Å². The van der Waals surface area contributed by atoms with Crippen molar-refractivity contribution in [3.63, 3.8) is 0 Å². The number of methoxy groups -OCH3 is 5. The zero-order valence-corrected chi connectivity index (χ0v) is 44.0. The quantitative estimate of drug-likeness (QED) is 0.0657. The number of nitrogens with zero attached hydrogens (tertiary/aromatic N) is 4. The van der Waals surface area contributed by atoms with Gasteiger partial charge in [0.15, 0.2) is 23.3 Å². The minimum Gasteiger partial charge on any atom is -0.462 e. The van der Waals surface area contributed by atoms with Crippen molar-refractivity contribution in [2.75, 3.05) is 49.2 Å². The average molecular weight is 1030 g/mol. The fraction of sp³-hybridized carbons (Fsp3) is 0.615. The Morgan fingerprint density at radius 3 is 2.21 bits per heavy atom. The number of rotatable bonds is 21. The highest BCUT2D eigenvalue weighted by Crippen LogP contribution is 2.33. The molecule has 0 aliphatic carbocycles. The molecule has 73 heavy (non-hydrogen) atoms. The normalized spacial score (nSPS) is 23.2. The molecule has 1 aliphatic rings. The predicted octanol–water partition coefficient (Wildman–Crippen LogP) is 6.75. The van der Waals surface area contributed by atoms with Crippen LogP contribution in [0.15, 0.2) is 62.5 Å². The number of aliphatic hydroxyl groups excluding tert-OH is 1. The van der Waals surface area contributed by atoms with Crippen LogP contribution in [0.25, 0.3) is 29.2 Å². The molecule has 6 bridgehead atoms. The molecule has 4 rings (SSSR count). The van der Waals surface area contributed by atoms with E-state index in [1.807, 2.05) is 33.8 Å². The van der Waals surface area contributed by atoms with Gasteiger partial charge in [-0.1, -0.05) is 52.8 Å². The molecular weight excluding hydrogens is 953 g/mol. The highest BCUT2D eigenvalue weighted by molar-refractivity contribution is 5.92. The van der Waals surface area contributed by atoms with Crippen LogP contribution in [0.5, 0.6) is 0 Å². The van der Waals surface area contributed by atoms with Gasteiger partial charge < -0.3 is 61.2 Å². The largest absolute Gasteiger partial charge is 0.462 e. The number of ether oxygens (including phenoxy) is 8. The van der Waals surface area contributed by atoms with Gasteiger partial charge >= 0.3 is 17.9 Å². The van der Waals surface area contributed by atoms with Crippen LogP contribution in [0.4, 0.5) is 0 Å². The van der Waals surface area contributed by atoms with Gasteiger partial charge in [0.05, 0.1) is 37.3 Å². The standard InChI is InChI=1S/C52H74N4O17/c1-30(19-20-42(73-52(62)45(66-11)28-63-8)34(5)48(71-35(6)58)31(2)21-22-56(7)29-57)43(65-10)24-44-33(4)41(64-9)17-14-18-46-53-38(26-68-46)50-55-39(27-70-50)51-54-37(25-69-51)49(67-12)32(3)40(60)16-13-15-36(59)23-47(61)72-44/h13-14,16,18,21-22,25-27,29-34,36,41-45,48-49,59H,15,17,19-20,23-24,28H2,1-12H3. The number of hydrogen-bond acceptors (Lipinski definition) is 20. The minimum absolute atomic E-state index is 0.0242. The molecule has 13 atom stereocenters. The van der Waals surface area contributed by atoms with E-state index in [0.29, 0.717) is 37.1 Å². The van der Waals surface area contributed by atoms with Crippen LogP contribution >= 0.6 is 0 Å². The fourth-order valence-corrected chi connectivity index (χ4v) is 8.59. The summed E-state index contributed by atoms with van der Waals surface area (Å²) in [5.74, 6) is -3.99. The zero-order chi connectivity index (χ0) is 53.8. The summed E-state index contributed by atoms with van der Waals surface area (Å²) < 4.78 is 63.6. The molecule has 0 saturated carbocycles. The number of allylic oxidation sites excluding steroid dienone is 1. The first-order valence-electron chi connectivity index (χ1n) is 24.3. The number of aliphatic hydroxyl groups is 1. The number of carbonyl (C=O) groups excluding carboxylic acids is 5. The number of oxazole rings is 3. The summed E-state index contributed by atoms with van der Waals surface area (Å²) in [6, 6.07) is 0. The van der Waals surface area contributed by atoms with Gasteiger partial charge in [0, 0.05) is 79.9 Å². The number of carbonyl (C=O) groups is 5. The van der Waals surface area contributed by atoms with Gasteiger partial charge in [-0.3, -0.25) is 19.2 Å².